The molecule has 0 spiro atoms. The Morgan fingerprint density at radius 3 is 2.78 bits per heavy atom. The van der Waals surface area contributed by atoms with Crippen molar-refractivity contribution in [1.29, 1.82) is 0 Å². The topological polar surface area (TPSA) is 40.5 Å². The standard InChI is InChI=1S/C17H21N3OS2/c1-12-16(13-5-3-4-6-14(13)18-12)15(21)11-23-17(22)20-9-7-19(2)8-10-20/h3-6,18H,7-11H2,1-2H3/p+1. The van der Waals surface area contributed by atoms with Crippen LogP contribution in [0.2, 0.25) is 0 Å². The molecule has 1 aliphatic heterocycles. The predicted molar refractivity (Wildman–Crippen MR) is 101 cm³/mol. The largest absolute Gasteiger partial charge is 0.358 e. The van der Waals surface area contributed by atoms with Gasteiger partial charge in [-0.15, -0.1) is 0 Å². The van der Waals surface area contributed by atoms with E-state index < -0.39 is 0 Å². The number of ketones is 1. The van der Waals surface area contributed by atoms with E-state index in [4.69, 9.17) is 12.2 Å². The van der Waals surface area contributed by atoms with Crippen molar-refractivity contribution in [3.05, 3.63) is 35.5 Å². The molecule has 0 radical (unpaired) electrons. The van der Waals surface area contributed by atoms with Gasteiger partial charge in [0.25, 0.3) is 0 Å². The number of Topliss-reactive ketones (excluding diaryl/α,β-unsaturated/α-hetero) is 1. The molecule has 1 saturated heterocycles. The lowest BCUT2D eigenvalue weighted by Gasteiger charge is -2.31. The number of likely N-dealkylation sites (N-methyl/N-ethyl adjacent to an activating group) is 1. The van der Waals surface area contributed by atoms with Crippen LogP contribution < -0.4 is 4.90 Å². The number of carbonyl (C=O) groups is 1. The van der Waals surface area contributed by atoms with Crippen LogP contribution in [0.15, 0.2) is 24.3 Å². The number of carbonyl (C=O) groups excluding carboxylic acids is 1. The van der Waals surface area contributed by atoms with Gasteiger partial charge in [-0.2, -0.15) is 0 Å². The number of piperazine rings is 1. The molecule has 0 aliphatic carbocycles. The summed E-state index contributed by atoms with van der Waals surface area (Å²) in [6.45, 7) is 6.14. The van der Waals surface area contributed by atoms with Crippen LogP contribution >= 0.6 is 24.0 Å². The van der Waals surface area contributed by atoms with Crippen LogP contribution in [0.5, 0.6) is 0 Å². The number of nitrogens with zero attached hydrogens (tertiary/aromatic N) is 1. The fourth-order valence-corrected chi connectivity index (χ4v) is 4.12. The number of rotatable bonds is 3. The number of quaternary nitrogens is 1. The third-order valence-corrected chi connectivity index (χ3v) is 5.90. The van der Waals surface area contributed by atoms with Gasteiger partial charge in [-0.05, 0) is 13.0 Å². The maximum Gasteiger partial charge on any atom is 0.175 e. The summed E-state index contributed by atoms with van der Waals surface area (Å²) in [5, 5.41) is 1.00. The van der Waals surface area contributed by atoms with Crippen molar-refractivity contribution >= 4 is 45.0 Å². The predicted octanol–water partition coefficient (Wildman–Crippen LogP) is 1.51. The lowest BCUT2D eigenvalue weighted by atomic mass is 10.1. The Morgan fingerprint density at radius 1 is 1.35 bits per heavy atom. The number of para-hydroxylation sites is 1. The number of aromatic nitrogens is 1. The van der Waals surface area contributed by atoms with Gasteiger partial charge in [-0.1, -0.05) is 42.2 Å². The van der Waals surface area contributed by atoms with E-state index in [0.717, 1.165) is 52.7 Å². The van der Waals surface area contributed by atoms with Crippen LogP contribution in [-0.4, -0.2) is 59.0 Å². The number of thioether (sulfide) groups is 1. The van der Waals surface area contributed by atoms with E-state index in [1.165, 1.54) is 11.8 Å². The minimum atomic E-state index is 0.145. The Labute approximate surface area is 146 Å². The van der Waals surface area contributed by atoms with Crippen molar-refractivity contribution in [2.24, 2.45) is 0 Å². The number of hydrogen-bond acceptors (Lipinski definition) is 3. The molecule has 2 N–H and O–H groups in total. The van der Waals surface area contributed by atoms with E-state index >= 15 is 0 Å². The summed E-state index contributed by atoms with van der Waals surface area (Å²) in [6, 6.07) is 7.95. The van der Waals surface area contributed by atoms with Crippen LogP contribution in [0.1, 0.15) is 16.1 Å². The molecule has 0 unspecified atom stereocenters. The first kappa shape index (κ1) is 16.5. The molecular weight excluding hydrogens is 326 g/mol. The monoisotopic (exact) mass is 348 g/mol. The molecule has 23 heavy (non-hydrogen) atoms. The molecule has 0 bridgehead atoms. The number of thiocarbonyl (C=S) groups is 1. The maximum atomic E-state index is 12.7. The average Bonchev–Trinajstić information content (AvgIpc) is 2.88. The Morgan fingerprint density at radius 2 is 2.04 bits per heavy atom. The third-order valence-electron chi connectivity index (χ3n) is 4.37. The molecule has 6 heteroatoms. The lowest BCUT2D eigenvalue weighted by molar-refractivity contribution is -0.883. The summed E-state index contributed by atoms with van der Waals surface area (Å²) >= 11 is 7.00. The average molecular weight is 349 g/mol. The van der Waals surface area contributed by atoms with Crippen molar-refractivity contribution in [3.8, 4) is 0 Å². The number of benzene rings is 1. The summed E-state index contributed by atoms with van der Waals surface area (Å²) in [5.41, 5.74) is 2.76. The van der Waals surface area contributed by atoms with Crippen LogP contribution in [0.4, 0.5) is 0 Å². The highest BCUT2D eigenvalue weighted by atomic mass is 32.2. The van der Waals surface area contributed by atoms with Gasteiger partial charge in [0.15, 0.2) is 5.78 Å². The van der Waals surface area contributed by atoms with Gasteiger partial charge in [0, 0.05) is 22.2 Å². The molecule has 2 heterocycles. The summed E-state index contributed by atoms with van der Waals surface area (Å²) in [4.78, 5) is 19.7. The smallest absolute Gasteiger partial charge is 0.175 e. The molecule has 1 aromatic carbocycles. The zero-order valence-corrected chi connectivity index (χ0v) is 15.1. The molecule has 1 fully saturated rings. The molecule has 1 aliphatic rings. The van der Waals surface area contributed by atoms with E-state index in [-0.39, 0.29) is 5.78 Å². The Bertz CT molecular complexity index is 733. The second kappa shape index (κ2) is 7.03. The van der Waals surface area contributed by atoms with E-state index in [9.17, 15) is 4.79 Å². The first-order valence-electron chi connectivity index (χ1n) is 7.90. The molecule has 0 atom stereocenters. The number of H-pyrrole nitrogens is 1. The number of hydrogen-bond donors (Lipinski definition) is 2. The normalized spacial score (nSPS) is 16.0. The van der Waals surface area contributed by atoms with Crippen LogP contribution in [0, 0.1) is 6.92 Å². The third kappa shape index (κ3) is 3.59. The Kier molecular flexibility index (Phi) is 5.04. The molecule has 122 valence electrons. The van der Waals surface area contributed by atoms with Gasteiger partial charge in [0.2, 0.25) is 0 Å². The second-order valence-electron chi connectivity index (χ2n) is 6.09. The van der Waals surface area contributed by atoms with Gasteiger partial charge in [-0.25, -0.2) is 0 Å². The fourth-order valence-electron chi connectivity index (χ4n) is 3.00. The first-order chi connectivity index (χ1) is 11.1. The van der Waals surface area contributed by atoms with Gasteiger partial charge >= 0.3 is 0 Å². The van der Waals surface area contributed by atoms with E-state index in [1.807, 2.05) is 31.2 Å². The Hall–Kier alpha value is -1.37. The number of aryl methyl sites for hydroxylation is 1. The molecule has 0 amide bonds. The van der Waals surface area contributed by atoms with Gasteiger partial charge < -0.3 is 14.8 Å². The zero-order valence-electron chi connectivity index (χ0n) is 13.5. The highest BCUT2D eigenvalue weighted by molar-refractivity contribution is 8.23. The number of fused-ring (bicyclic) bond motifs is 1. The van der Waals surface area contributed by atoms with Crippen molar-refractivity contribution in [2.75, 3.05) is 39.0 Å². The molecular formula is C17H22N3OS2+. The molecule has 1 aromatic heterocycles. The maximum absolute atomic E-state index is 12.7. The van der Waals surface area contributed by atoms with E-state index in [2.05, 4.69) is 16.9 Å². The van der Waals surface area contributed by atoms with Gasteiger partial charge in [0.05, 0.1) is 39.0 Å². The van der Waals surface area contributed by atoms with Crippen molar-refractivity contribution < 1.29 is 9.69 Å². The summed E-state index contributed by atoms with van der Waals surface area (Å²) in [7, 11) is 2.21. The fraction of sp³-hybridized carbons (Fsp3) is 0.412. The second-order valence-corrected chi connectivity index (χ2v) is 7.70. The quantitative estimate of drug-likeness (QED) is 0.652. The van der Waals surface area contributed by atoms with Crippen molar-refractivity contribution in [2.45, 2.75) is 6.92 Å². The van der Waals surface area contributed by atoms with Crippen molar-refractivity contribution in [1.82, 2.24) is 9.88 Å². The lowest BCUT2D eigenvalue weighted by Crippen LogP contribution is -3.12. The summed E-state index contributed by atoms with van der Waals surface area (Å²) in [5.74, 6) is 0.549. The first-order valence-corrected chi connectivity index (χ1v) is 9.29. The summed E-state index contributed by atoms with van der Waals surface area (Å²) in [6.07, 6.45) is 0. The SMILES string of the molecule is Cc1[nH]c2ccccc2c1C(=O)CSC(=S)N1CC[NH+](C)CC1. The molecule has 4 nitrogen and oxygen atoms in total. The highest BCUT2D eigenvalue weighted by Crippen LogP contribution is 2.24. The zero-order chi connectivity index (χ0) is 16.4. The minimum Gasteiger partial charge on any atom is -0.358 e. The van der Waals surface area contributed by atoms with Crippen LogP contribution in [-0.2, 0) is 0 Å². The minimum absolute atomic E-state index is 0.145. The molecule has 2 aromatic rings. The molecule has 0 saturated carbocycles. The Balaban J connectivity index is 1.65. The van der Waals surface area contributed by atoms with Crippen LogP contribution in [0.25, 0.3) is 10.9 Å². The van der Waals surface area contributed by atoms with Gasteiger partial charge in [0.1, 0.15) is 4.32 Å². The number of aromatic amines is 1. The van der Waals surface area contributed by atoms with E-state index in [1.54, 1.807) is 4.90 Å². The highest BCUT2D eigenvalue weighted by Gasteiger charge is 2.21. The summed E-state index contributed by atoms with van der Waals surface area (Å²) < 4.78 is 0.850. The number of nitrogens with one attached hydrogen (secondary N) is 2. The molecule has 3 rings (SSSR count). The van der Waals surface area contributed by atoms with E-state index in [0.29, 0.717) is 5.75 Å². The van der Waals surface area contributed by atoms with Gasteiger partial charge in [-0.3, -0.25) is 4.79 Å². The van der Waals surface area contributed by atoms with Crippen LogP contribution in [0.3, 0.4) is 0 Å². The van der Waals surface area contributed by atoms with Crippen molar-refractivity contribution in [3.63, 3.8) is 0 Å².